The zero-order valence-electron chi connectivity index (χ0n) is 17.4. The molecule has 3 rings (SSSR count). The second kappa shape index (κ2) is 10.1. The summed E-state index contributed by atoms with van der Waals surface area (Å²) in [6.45, 7) is 3.73. The highest BCUT2D eigenvalue weighted by Crippen LogP contribution is 2.21. The number of carbonyl (C=O) groups is 1. The molecule has 1 aliphatic heterocycles. The monoisotopic (exact) mass is 431 g/mol. The number of carbonyl (C=O) groups excluding carboxylic acids is 1. The molecule has 2 aromatic carbocycles. The highest BCUT2D eigenvalue weighted by atomic mass is 32.2. The Labute approximate surface area is 178 Å². The number of hydrogen-bond donors (Lipinski definition) is 2. The third kappa shape index (κ3) is 6.04. The molecule has 0 radical (unpaired) electrons. The number of nitrogens with zero attached hydrogens (tertiary/aromatic N) is 1. The van der Waals surface area contributed by atoms with Crippen LogP contribution in [0.4, 0.5) is 10.5 Å². The summed E-state index contributed by atoms with van der Waals surface area (Å²) in [5.74, 6) is 0. The lowest BCUT2D eigenvalue weighted by Crippen LogP contribution is -2.38. The van der Waals surface area contributed by atoms with E-state index in [0.717, 1.165) is 11.1 Å². The van der Waals surface area contributed by atoms with Gasteiger partial charge in [0, 0.05) is 39.0 Å². The molecule has 2 aromatic rings. The molecule has 0 spiro atoms. The molecule has 0 aliphatic carbocycles. The lowest BCUT2D eigenvalue weighted by atomic mass is 10.1. The summed E-state index contributed by atoms with van der Waals surface area (Å²) in [5, 5.41) is 5.23. The Balaban J connectivity index is 1.50. The van der Waals surface area contributed by atoms with Crippen LogP contribution in [0.2, 0.25) is 0 Å². The third-order valence-corrected chi connectivity index (χ3v) is 7.53. The molecule has 0 unspecified atom stereocenters. The first-order valence-electron chi connectivity index (χ1n) is 10.1. The number of rotatable bonds is 7. The van der Waals surface area contributed by atoms with E-state index in [-0.39, 0.29) is 11.3 Å². The molecule has 1 aliphatic rings. The molecule has 0 bridgehead atoms. The van der Waals surface area contributed by atoms with E-state index in [0.29, 0.717) is 44.8 Å². The van der Waals surface area contributed by atoms with Crippen molar-refractivity contribution < 1.29 is 17.9 Å². The van der Waals surface area contributed by atoms with Crippen LogP contribution >= 0.6 is 0 Å². The van der Waals surface area contributed by atoms with E-state index >= 15 is 0 Å². The van der Waals surface area contributed by atoms with Crippen molar-refractivity contribution in [3.8, 4) is 0 Å². The molecule has 1 heterocycles. The van der Waals surface area contributed by atoms with E-state index < -0.39 is 10.0 Å². The number of sulfonamides is 1. The summed E-state index contributed by atoms with van der Waals surface area (Å²) in [4.78, 5) is 12.1. The number of hydrogen-bond acceptors (Lipinski definition) is 4. The van der Waals surface area contributed by atoms with Crippen LogP contribution < -0.4 is 10.6 Å². The van der Waals surface area contributed by atoms with E-state index in [1.807, 2.05) is 43.3 Å². The van der Waals surface area contributed by atoms with Crippen LogP contribution in [0.15, 0.2) is 48.5 Å². The smallest absolute Gasteiger partial charge is 0.319 e. The molecule has 7 nitrogen and oxygen atoms in total. The van der Waals surface area contributed by atoms with Gasteiger partial charge in [-0.25, -0.2) is 17.5 Å². The van der Waals surface area contributed by atoms with Crippen molar-refractivity contribution in [1.29, 1.82) is 0 Å². The van der Waals surface area contributed by atoms with Crippen molar-refractivity contribution in [3.05, 3.63) is 65.2 Å². The van der Waals surface area contributed by atoms with Crippen LogP contribution in [-0.2, 0) is 27.8 Å². The molecule has 0 atom stereocenters. The molecular weight excluding hydrogens is 402 g/mol. The van der Waals surface area contributed by atoms with Crippen LogP contribution in [0, 0.1) is 6.92 Å². The Kier molecular flexibility index (Phi) is 7.47. The highest BCUT2D eigenvalue weighted by Gasteiger charge is 2.31. The molecule has 1 saturated heterocycles. The molecule has 0 saturated carbocycles. The molecule has 1 fully saturated rings. The minimum absolute atomic E-state index is 0.289. The average molecular weight is 432 g/mol. The number of amides is 2. The second-order valence-electron chi connectivity index (χ2n) is 7.60. The van der Waals surface area contributed by atoms with Gasteiger partial charge in [-0.15, -0.1) is 0 Å². The summed E-state index contributed by atoms with van der Waals surface area (Å²) >= 11 is 0. The Morgan fingerprint density at radius 3 is 2.27 bits per heavy atom. The molecule has 162 valence electrons. The zero-order chi connectivity index (χ0) is 21.6. The van der Waals surface area contributed by atoms with E-state index in [4.69, 9.17) is 4.74 Å². The molecule has 0 aromatic heterocycles. The summed E-state index contributed by atoms with van der Waals surface area (Å²) < 4.78 is 32.1. The van der Waals surface area contributed by atoms with E-state index in [1.165, 1.54) is 9.87 Å². The fraction of sp³-hybridized carbons (Fsp3) is 0.409. The topological polar surface area (TPSA) is 87.7 Å². The summed E-state index contributed by atoms with van der Waals surface area (Å²) in [5.41, 5.74) is 3.71. The van der Waals surface area contributed by atoms with Gasteiger partial charge in [-0.2, -0.15) is 0 Å². The molecular formula is C22H29N3O4S. The summed E-state index contributed by atoms with van der Waals surface area (Å²) in [6.07, 6.45) is 1.07. The third-order valence-electron chi connectivity index (χ3n) is 5.21. The van der Waals surface area contributed by atoms with Crippen LogP contribution in [0.25, 0.3) is 0 Å². The maximum absolute atomic E-state index is 12.7. The number of benzene rings is 2. The van der Waals surface area contributed by atoms with E-state index in [9.17, 15) is 13.2 Å². The number of aryl methyl sites for hydroxylation is 1. The standard InChI is InChI=1S/C22H29N3O4S/c1-17-3-5-18(6-4-17)15-23-22(26)24-20-9-7-19(8-10-20)16-25(2)30(27,28)21-11-13-29-14-12-21/h3-10,21H,11-16H2,1-2H3,(H2,23,24,26). The Morgan fingerprint density at radius 1 is 1.03 bits per heavy atom. The first-order chi connectivity index (χ1) is 14.3. The zero-order valence-corrected chi connectivity index (χ0v) is 18.2. The van der Waals surface area contributed by atoms with Crippen LogP contribution in [0.5, 0.6) is 0 Å². The van der Waals surface area contributed by atoms with Gasteiger partial charge < -0.3 is 15.4 Å². The maximum atomic E-state index is 12.7. The van der Waals surface area contributed by atoms with Gasteiger partial charge in [-0.1, -0.05) is 42.0 Å². The van der Waals surface area contributed by atoms with Gasteiger partial charge in [0.2, 0.25) is 10.0 Å². The van der Waals surface area contributed by atoms with Gasteiger partial charge in [0.15, 0.2) is 0 Å². The van der Waals surface area contributed by atoms with Crippen molar-refractivity contribution in [3.63, 3.8) is 0 Å². The molecule has 2 N–H and O–H groups in total. The minimum Gasteiger partial charge on any atom is -0.381 e. The average Bonchev–Trinajstić information content (AvgIpc) is 2.75. The predicted molar refractivity (Wildman–Crippen MR) is 118 cm³/mol. The van der Waals surface area contributed by atoms with Gasteiger partial charge in [-0.05, 0) is 43.0 Å². The number of ether oxygens (including phenoxy) is 1. The van der Waals surface area contributed by atoms with Crippen LogP contribution in [0.3, 0.4) is 0 Å². The first kappa shape index (κ1) is 22.3. The molecule has 30 heavy (non-hydrogen) atoms. The Morgan fingerprint density at radius 2 is 1.63 bits per heavy atom. The predicted octanol–water partition coefficient (Wildman–Crippen LogP) is 3.26. The van der Waals surface area contributed by atoms with Gasteiger partial charge in [0.25, 0.3) is 0 Å². The van der Waals surface area contributed by atoms with Crippen molar-refractivity contribution in [2.45, 2.75) is 38.1 Å². The number of anilines is 1. The largest absolute Gasteiger partial charge is 0.381 e. The van der Waals surface area contributed by atoms with Crippen molar-refractivity contribution in [2.24, 2.45) is 0 Å². The normalized spacial score (nSPS) is 15.2. The molecule has 8 heteroatoms. The quantitative estimate of drug-likeness (QED) is 0.704. The van der Waals surface area contributed by atoms with Crippen molar-refractivity contribution in [2.75, 3.05) is 25.6 Å². The van der Waals surface area contributed by atoms with Crippen LogP contribution in [0.1, 0.15) is 29.5 Å². The summed E-state index contributed by atoms with van der Waals surface area (Å²) in [7, 11) is -1.75. The number of nitrogens with one attached hydrogen (secondary N) is 2. The lowest BCUT2D eigenvalue weighted by Gasteiger charge is -2.27. The second-order valence-corrected chi connectivity index (χ2v) is 9.92. The Bertz CT molecular complexity index is 937. The minimum atomic E-state index is -3.35. The molecule has 2 amide bonds. The van der Waals surface area contributed by atoms with Crippen molar-refractivity contribution in [1.82, 2.24) is 9.62 Å². The van der Waals surface area contributed by atoms with E-state index in [2.05, 4.69) is 10.6 Å². The SMILES string of the molecule is Cc1ccc(CNC(=O)Nc2ccc(CN(C)S(=O)(=O)C3CCOCC3)cc2)cc1. The van der Waals surface area contributed by atoms with E-state index in [1.54, 1.807) is 19.2 Å². The Hall–Kier alpha value is -2.42. The summed E-state index contributed by atoms with van der Waals surface area (Å²) in [6, 6.07) is 14.9. The lowest BCUT2D eigenvalue weighted by molar-refractivity contribution is 0.0973. The fourth-order valence-corrected chi connectivity index (χ4v) is 4.96. The van der Waals surface area contributed by atoms with Crippen LogP contribution in [-0.4, -0.2) is 44.3 Å². The maximum Gasteiger partial charge on any atom is 0.319 e. The van der Waals surface area contributed by atoms with Crippen molar-refractivity contribution >= 4 is 21.7 Å². The highest BCUT2D eigenvalue weighted by molar-refractivity contribution is 7.89. The van der Waals surface area contributed by atoms with Gasteiger partial charge >= 0.3 is 6.03 Å². The van der Waals surface area contributed by atoms with Gasteiger partial charge in [0.1, 0.15) is 0 Å². The van der Waals surface area contributed by atoms with Gasteiger partial charge in [0.05, 0.1) is 5.25 Å². The van der Waals surface area contributed by atoms with Gasteiger partial charge in [-0.3, -0.25) is 0 Å². The fourth-order valence-electron chi connectivity index (χ4n) is 3.33. The number of urea groups is 1. The first-order valence-corrected chi connectivity index (χ1v) is 11.6.